The van der Waals surface area contributed by atoms with Crippen molar-refractivity contribution >= 4 is 11.7 Å². The summed E-state index contributed by atoms with van der Waals surface area (Å²) in [6.45, 7) is 4.04. The predicted octanol–water partition coefficient (Wildman–Crippen LogP) is 4.90. The summed E-state index contributed by atoms with van der Waals surface area (Å²) in [6.07, 6.45) is 12.6. The van der Waals surface area contributed by atoms with Crippen molar-refractivity contribution in [3.8, 4) is 11.4 Å². The number of H-pyrrole nitrogens is 2. The molecule has 0 bridgehead atoms. The minimum atomic E-state index is -0.226. The molecule has 34 heavy (non-hydrogen) atoms. The molecular formula is C26H34N6O2. The van der Waals surface area contributed by atoms with E-state index in [0.29, 0.717) is 35.2 Å². The van der Waals surface area contributed by atoms with E-state index >= 15 is 0 Å². The van der Waals surface area contributed by atoms with Gasteiger partial charge in [-0.2, -0.15) is 5.10 Å². The fourth-order valence-corrected chi connectivity index (χ4v) is 4.85. The van der Waals surface area contributed by atoms with E-state index in [0.717, 1.165) is 17.2 Å². The van der Waals surface area contributed by atoms with Gasteiger partial charge < -0.3 is 10.3 Å². The number of nitrogens with one attached hydrogen (secondary N) is 3. The molecule has 3 heterocycles. The van der Waals surface area contributed by atoms with Crippen molar-refractivity contribution in [2.75, 3.05) is 5.32 Å². The average molecular weight is 463 g/mol. The van der Waals surface area contributed by atoms with Crippen LogP contribution in [0.4, 0.5) is 5.82 Å². The Labute approximate surface area is 200 Å². The minimum absolute atomic E-state index is 0.170. The van der Waals surface area contributed by atoms with Gasteiger partial charge in [-0.3, -0.25) is 19.7 Å². The number of amides is 1. The predicted molar refractivity (Wildman–Crippen MR) is 133 cm³/mol. The number of unbranched alkanes of at least 4 members (excludes halogenated alkanes) is 1. The van der Waals surface area contributed by atoms with E-state index in [-0.39, 0.29) is 17.9 Å². The van der Waals surface area contributed by atoms with Crippen LogP contribution in [0.5, 0.6) is 0 Å². The zero-order chi connectivity index (χ0) is 23.9. The van der Waals surface area contributed by atoms with Crippen LogP contribution in [-0.4, -0.2) is 31.1 Å². The number of carbonyl (C=O) groups excluding carboxylic acids is 1. The van der Waals surface area contributed by atoms with E-state index in [4.69, 9.17) is 0 Å². The van der Waals surface area contributed by atoms with Crippen molar-refractivity contribution in [1.29, 1.82) is 0 Å². The van der Waals surface area contributed by atoms with Crippen molar-refractivity contribution in [1.82, 2.24) is 25.1 Å². The number of aryl methyl sites for hydroxylation is 1. The highest BCUT2D eigenvalue weighted by molar-refractivity contribution is 5.89. The SMILES string of the molecule is CCCCC1CCC(c2cc(NC(=O)CCc3c(C)nc(-c4cccnc4)[nH]c3=O)n[nH]2)CC1. The second kappa shape index (κ2) is 11.2. The van der Waals surface area contributed by atoms with Crippen LogP contribution in [-0.2, 0) is 11.2 Å². The smallest absolute Gasteiger partial charge is 0.254 e. The lowest BCUT2D eigenvalue weighted by atomic mass is 9.78. The van der Waals surface area contributed by atoms with E-state index in [9.17, 15) is 9.59 Å². The third-order valence-electron chi connectivity index (χ3n) is 6.88. The van der Waals surface area contributed by atoms with Crippen molar-refractivity contribution in [3.63, 3.8) is 0 Å². The Morgan fingerprint density at radius 3 is 2.76 bits per heavy atom. The van der Waals surface area contributed by atoms with E-state index in [1.54, 1.807) is 25.4 Å². The van der Waals surface area contributed by atoms with Crippen molar-refractivity contribution in [2.45, 2.75) is 77.6 Å². The number of pyridine rings is 1. The molecule has 0 spiro atoms. The first-order chi connectivity index (χ1) is 16.5. The fourth-order valence-electron chi connectivity index (χ4n) is 4.85. The van der Waals surface area contributed by atoms with Gasteiger partial charge >= 0.3 is 0 Å². The molecule has 1 saturated carbocycles. The molecule has 180 valence electrons. The number of nitrogens with zero attached hydrogens (tertiary/aromatic N) is 3. The quantitative estimate of drug-likeness (QED) is 0.418. The minimum Gasteiger partial charge on any atom is -0.309 e. The van der Waals surface area contributed by atoms with Crippen molar-refractivity contribution in [3.05, 3.63) is 57.9 Å². The Bertz CT molecular complexity index is 1150. The molecule has 1 fully saturated rings. The lowest BCUT2D eigenvalue weighted by Gasteiger charge is -2.27. The van der Waals surface area contributed by atoms with E-state index in [1.165, 1.54) is 44.9 Å². The van der Waals surface area contributed by atoms with Gasteiger partial charge in [0, 0.05) is 53.3 Å². The highest BCUT2D eigenvalue weighted by Gasteiger charge is 2.23. The number of rotatable bonds is 9. The molecular weight excluding hydrogens is 428 g/mol. The topological polar surface area (TPSA) is 116 Å². The zero-order valence-corrected chi connectivity index (χ0v) is 20.1. The summed E-state index contributed by atoms with van der Waals surface area (Å²) in [5.74, 6) is 2.20. The monoisotopic (exact) mass is 462 g/mol. The largest absolute Gasteiger partial charge is 0.309 e. The average Bonchev–Trinajstić information content (AvgIpc) is 3.31. The van der Waals surface area contributed by atoms with Crippen LogP contribution in [0.1, 0.15) is 81.2 Å². The summed E-state index contributed by atoms with van der Waals surface area (Å²) in [6, 6.07) is 5.59. The molecule has 4 rings (SSSR count). The summed E-state index contributed by atoms with van der Waals surface area (Å²) in [5, 5.41) is 10.3. The molecule has 1 aliphatic carbocycles. The molecule has 8 heteroatoms. The maximum Gasteiger partial charge on any atom is 0.254 e. The summed E-state index contributed by atoms with van der Waals surface area (Å²) >= 11 is 0. The van der Waals surface area contributed by atoms with Crippen LogP contribution >= 0.6 is 0 Å². The molecule has 0 unspecified atom stereocenters. The number of anilines is 1. The van der Waals surface area contributed by atoms with Crippen molar-refractivity contribution < 1.29 is 4.79 Å². The summed E-state index contributed by atoms with van der Waals surface area (Å²) in [4.78, 5) is 36.5. The highest BCUT2D eigenvalue weighted by atomic mass is 16.1. The molecule has 0 saturated heterocycles. The molecule has 0 aromatic carbocycles. The van der Waals surface area contributed by atoms with Gasteiger partial charge in [-0.1, -0.05) is 26.2 Å². The lowest BCUT2D eigenvalue weighted by Crippen LogP contribution is -2.20. The Morgan fingerprint density at radius 1 is 1.24 bits per heavy atom. The molecule has 0 radical (unpaired) electrons. The van der Waals surface area contributed by atoms with Gasteiger partial charge in [-0.05, 0) is 57.1 Å². The Morgan fingerprint density at radius 2 is 2.06 bits per heavy atom. The second-order valence-corrected chi connectivity index (χ2v) is 9.34. The van der Waals surface area contributed by atoms with Gasteiger partial charge in [0.25, 0.3) is 5.56 Å². The maximum atomic E-state index is 12.6. The first-order valence-corrected chi connectivity index (χ1v) is 12.4. The van der Waals surface area contributed by atoms with Gasteiger partial charge in [0.05, 0.1) is 0 Å². The molecule has 1 amide bonds. The van der Waals surface area contributed by atoms with Crippen LogP contribution in [0.2, 0.25) is 0 Å². The Balaban J connectivity index is 1.30. The first kappa shape index (κ1) is 23.9. The molecule has 0 aliphatic heterocycles. The van der Waals surface area contributed by atoms with E-state index in [2.05, 4.69) is 37.4 Å². The van der Waals surface area contributed by atoms with E-state index < -0.39 is 0 Å². The Kier molecular flexibility index (Phi) is 7.87. The third-order valence-corrected chi connectivity index (χ3v) is 6.88. The summed E-state index contributed by atoms with van der Waals surface area (Å²) < 4.78 is 0. The van der Waals surface area contributed by atoms with Crippen LogP contribution in [0, 0.1) is 12.8 Å². The normalized spacial score (nSPS) is 18.1. The van der Waals surface area contributed by atoms with Crippen LogP contribution < -0.4 is 10.9 Å². The lowest BCUT2D eigenvalue weighted by molar-refractivity contribution is -0.116. The molecule has 0 atom stereocenters. The summed E-state index contributed by atoms with van der Waals surface area (Å²) in [5.41, 5.74) is 2.76. The van der Waals surface area contributed by atoms with E-state index in [1.807, 2.05) is 12.1 Å². The van der Waals surface area contributed by atoms with Crippen LogP contribution in [0.15, 0.2) is 35.4 Å². The van der Waals surface area contributed by atoms with Gasteiger partial charge in [-0.25, -0.2) is 4.98 Å². The number of carbonyl (C=O) groups is 1. The fraction of sp³-hybridized carbons (Fsp3) is 0.500. The number of aromatic nitrogens is 5. The number of hydrogen-bond donors (Lipinski definition) is 3. The van der Waals surface area contributed by atoms with Gasteiger partial charge in [-0.15, -0.1) is 0 Å². The molecule has 1 aliphatic rings. The molecule has 3 N–H and O–H groups in total. The maximum absolute atomic E-state index is 12.6. The molecule has 3 aromatic heterocycles. The number of hydrogen-bond acceptors (Lipinski definition) is 5. The van der Waals surface area contributed by atoms with Gasteiger partial charge in [0.1, 0.15) is 5.82 Å². The molecule has 3 aromatic rings. The van der Waals surface area contributed by atoms with Gasteiger partial charge in [0.15, 0.2) is 5.82 Å². The molecule has 8 nitrogen and oxygen atoms in total. The highest BCUT2D eigenvalue weighted by Crippen LogP contribution is 2.37. The first-order valence-electron chi connectivity index (χ1n) is 12.4. The van der Waals surface area contributed by atoms with Gasteiger partial charge in [0.2, 0.25) is 5.91 Å². The second-order valence-electron chi connectivity index (χ2n) is 9.34. The van der Waals surface area contributed by atoms with Crippen LogP contribution in [0.25, 0.3) is 11.4 Å². The number of aromatic amines is 2. The van der Waals surface area contributed by atoms with Crippen LogP contribution in [0.3, 0.4) is 0 Å². The third kappa shape index (κ3) is 5.98. The van der Waals surface area contributed by atoms with Crippen molar-refractivity contribution in [2.24, 2.45) is 5.92 Å². The summed E-state index contributed by atoms with van der Waals surface area (Å²) in [7, 11) is 0. The Hall–Kier alpha value is -3.29. The zero-order valence-electron chi connectivity index (χ0n) is 20.1. The standard InChI is InChI=1S/C26H34N6O2/c1-3-4-6-18-8-10-19(11-9-18)22-15-23(32-31-22)29-24(33)13-12-21-17(2)28-25(30-26(21)34)20-7-5-14-27-16-20/h5,7,14-16,18-19H,3-4,6,8-13H2,1-2H3,(H,28,30,34)(H2,29,31,32,33).